The van der Waals surface area contributed by atoms with E-state index >= 15 is 0 Å². The van der Waals surface area contributed by atoms with E-state index in [2.05, 4.69) is 13.8 Å². The number of aromatic nitrogens is 2. The van der Waals surface area contributed by atoms with E-state index in [1.807, 2.05) is 0 Å². The van der Waals surface area contributed by atoms with Crippen molar-refractivity contribution in [1.29, 1.82) is 0 Å². The van der Waals surface area contributed by atoms with Crippen LogP contribution in [0.2, 0.25) is 5.15 Å². The van der Waals surface area contributed by atoms with Gasteiger partial charge in [-0.1, -0.05) is 51.1 Å². The lowest BCUT2D eigenvalue weighted by Crippen LogP contribution is -2.39. The van der Waals surface area contributed by atoms with Crippen molar-refractivity contribution in [1.82, 2.24) is 9.13 Å². The summed E-state index contributed by atoms with van der Waals surface area (Å²) >= 11 is 6.00. The molecule has 0 unspecified atom stereocenters. The van der Waals surface area contributed by atoms with Gasteiger partial charge in [-0.15, -0.1) is 0 Å². The van der Waals surface area contributed by atoms with Crippen LogP contribution in [0.4, 0.5) is 0 Å². The summed E-state index contributed by atoms with van der Waals surface area (Å²) in [5.41, 5.74) is -0.567. The molecule has 0 N–H and O–H groups in total. The Balaban J connectivity index is 2.95. The lowest BCUT2D eigenvalue weighted by atomic mass is 10.2. The molecule has 0 aliphatic heterocycles. The Labute approximate surface area is 119 Å². The average Bonchev–Trinajstić information content (AvgIpc) is 2.37. The largest absolute Gasteiger partial charge is 0.332 e. The van der Waals surface area contributed by atoms with Crippen molar-refractivity contribution in [2.45, 2.75) is 65.5 Å². The number of unbranched alkanes of at least 4 members (excludes halogenated alkanes) is 4. The van der Waals surface area contributed by atoms with E-state index < -0.39 is 0 Å². The van der Waals surface area contributed by atoms with Crippen molar-refractivity contribution in [3.63, 3.8) is 0 Å². The van der Waals surface area contributed by atoms with E-state index in [0.29, 0.717) is 13.1 Å². The molecule has 0 amide bonds. The molecule has 0 aliphatic rings. The van der Waals surface area contributed by atoms with Crippen LogP contribution in [0.5, 0.6) is 0 Å². The van der Waals surface area contributed by atoms with Gasteiger partial charge in [-0.25, -0.2) is 4.79 Å². The third-order valence-electron chi connectivity index (χ3n) is 3.20. The molecule has 0 aromatic carbocycles. The van der Waals surface area contributed by atoms with Crippen LogP contribution in [-0.2, 0) is 13.1 Å². The topological polar surface area (TPSA) is 44.0 Å². The number of rotatable bonds is 8. The first-order valence-electron chi connectivity index (χ1n) is 7.12. The molecular weight excluding hydrogens is 264 g/mol. The lowest BCUT2D eigenvalue weighted by Gasteiger charge is -2.11. The average molecular weight is 287 g/mol. The zero-order valence-electron chi connectivity index (χ0n) is 11.8. The molecule has 1 aromatic heterocycles. The number of nitrogens with zero attached hydrogens (tertiary/aromatic N) is 2. The molecule has 19 heavy (non-hydrogen) atoms. The Bertz CT molecular complexity index is 505. The summed E-state index contributed by atoms with van der Waals surface area (Å²) in [5.74, 6) is 0. The number of hydrogen-bond acceptors (Lipinski definition) is 2. The van der Waals surface area contributed by atoms with Crippen molar-refractivity contribution in [3.8, 4) is 0 Å². The van der Waals surface area contributed by atoms with Crippen LogP contribution >= 0.6 is 11.6 Å². The maximum atomic E-state index is 12.2. The van der Waals surface area contributed by atoms with E-state index in [1.54, 1.807) is 0 Å². The van der Waals surface area contributed by atoms with Crippen molar-refractivity contribution >= 4 is 11.6 Å². The Morgan fingerprint density at radius 1 is 0.947 bits per heavy atom. The van der Waals surface area contributed by atoms with Gasteiger partial charge in [-0.2, -0.15) is 0 Å². The van der Waals surface area contributed by atoms with Gasteiger partial charge < -0.3 is 0 Å². The molecule has 108 valence electrons. The summed E-state index contributed by atoms with van der Waals surface area (Å²) in [6.07, 6.45) is 5.98. The SMILES string of the molecule is CCCCCn1c(Cl)cc(=O)n(CCCCC)c1=O. The van der Waals surface area contributed by atoms with Crippen molar-refractivity contribution in [2.75, 3.05) is 0 Å². The Hall–Kier alpha value is -1.03. The predicted molar refractivity (Wildman–Crippen MR) is 79.0 cm³/mol. The molecule has 0 fully saturated rings. The summed E-state index contributed by atoms with van der Waals surface area (Å²) in [7, 11) is 0. The fraction of sp³-hybridized carbons (Fsp3) is 0.714. The van der Waals surface area contributed by atoms with Gasteiger partial charge in [-0.05, 0) is 12.8 Å². The maximum Gasteiger partial charge on any atom is 0.332 e. The molecule has 0 saturated carbocycles. The smallest absolute Gasteiger partial charge is 0.284 e. The predicted octanol–water partition coefficient (Wildman–Crippen LogP) is 3.04. The minimum absolute atomic E-state index is 0.248. The summed E-state index contributed by atoms with van der Waals surface area (Å²) in [4.78, 5) is 24.0. The second-order valence-corrected chi connectivity index (χ2v) is 5.19. The maximum absolute atomic E-state index is 12.2. The van der Waals surface area contributed by atoms with Crippen LogP contribution in [0.1, 0.15) is 52.4 Å². The summed E-state index contributed by atoms with van der Waals surface area (Å²) in [6.45, 7) is 5.26. The van der Waals surface area contributed by atoms with Crippen molar-refractivity contribution < 1.29 is 0 Å². The van der Waals surface area contributed by atoms with E-state index in [0.717, 1.165) is 38.5 Å². The minimum Gasteiger partial charge on any atom is -0.284 e. The van der Waals surface area contributed by atoms with Gasteiger partial charge in [0.15, 0.2) is 0 Å². The summed E-state index contributed by atoms with van der Waals surface area (Å²) in [5, 5.41) is 0.248. The normalized spacial score (nSPS) is 10.9. The van der Waals surface area contributed by atoms with Crippen molar-refractivity contribution in [3.05, 3.63) is 32.1 Å². The zero-order chi connectivity index (χ0) is 14.3. The molecule has 0 spiro atoms. The van der Waals surface area contributed by atoms with E-state index in [4.69, 9.17) is 11.6 Å². The third-order valence-corrected chi connectivity index (χ3v) is 3.51. The van der Waals surface area contributed by atoms with E-state index in [9.17, 15) is 9.59 Å². The summed E-state index contributed by atoms with van der Waals surface area (Å²) < 4.78 is 2.80. The Morgan fingerprint density at radius 2 is 1.47 bits per heavy atom. The molecule has 4 nitrogen and oxygen atoms in total. The highest BCUT2D eigenvalue weighted by Gasteiger charge is 2.09. The Kier molecular flexibility index (Phi) is 6.92. The standard InChI is InChI=1S/C14H23ClN2O2/c1-3-5-7-9-16-12(15)11-13(18)17(14(16)19)10-8-6-4-2/h11H,3-10H2,1-2H3. The quantitative estimate of drug-likeness (QED) is 0.544. The number of halogens is 1. The Morgan fingerprint density at radius 3 is 2.00 bits per heavy atom. The first kappa shape index (κ1) is 16.0. The second kappa shape index (κ2) is 8.20. The van der Waals surface area contributed by atoms with E-state index in [1.165, 1.54) is 15.2 Å². The fourth-order valence-corrected chi connectivity index (χ4v) is 2.29. The molecule has 0 atom stereocenters. The van der Waals surface area contributed by atoms with Crippen LogP contribution in [0.3, 0.4) is 0 Å². The van der Waals surface area contributed by atoms with Gasteiger partial charge in [0, 0.05) is 19.2 Å². The molecule has 0 saturated heterocycles. The highest BCUT2D eigenvalue weighted by atomic mass is 35.5. The van der Waals surface area contributed by atoms with Gasteiger partial charge in [0.2, 0.25) is 0 Å². The molecule has 0 bridgehead atoms. The molecular formula is C14H23ClN2O2. The van der Waals surface area contributed by atoms with Gasteiger partial charge in [0.05, 0.1) is 0 Å². The van der Waals surface area contributed by atoms with Crippen LogP contribution < -0.4 is 11.2 Å². The molecule has 1 aromatic rings. The lowest BCUT2D eigenvalue weighted by molar-refractivity contribution is 0.505. The number of hydrogen-bond donors (Lipinski definition) is 0. The minimum atomic E-state index is -0.294. The van der Waals surface area contributed by atoms with E-state index in [-0.39, 0.29) is 16.4 Å². The van der Waals surface area contributed by atoms with Crippen LogP contribution in [0.25, 0.3) is 0 Å². The molecule has 5 heteroatoms. The van der Waals surface area contributed by atoms with Gasteiger partial charge >= 0.3 is 5.69 Å². The fourth-order valence-electron chi connectivity index (χ4n) is 2.04. The van der Waals surface area contributed by atoms with Gasteiger partial charge in [0.1, 0.15) is 5.15 Å². The molecule has 0 radical (unpaired) electrons. The second-order valence-electron chi connectivity index (χ2n) is 4.81. The zero-order valence-corrected chi connectivity index (χ0v) is 12.6. The van der Waals surface area contributed by atoms with Crippen LogP contribution in [0, 0.1) is 0 Å². The third kappa shape index (κ3) is 4.53. The van der Waals surface area contributed by atoms with Crippen LogP contribution in [0.15, 0.2) is 15.7 Å². The summed E-state index contributed by atoms with van der Waals surface area (Å²) in [6, 6.07) is 1.35. The highest BCUT2D eigenvalue weighted by molar-refractivity contribution is 6.29. The van der Waals surface area contributed by atoms with Crippen LogP contribution in [-0.4, -0.2) is 9.13 Å². The molecule has 1 heterocycles. The first-order chi connectivity index (χ1) is 9.11. The van der Waals surface area contributed by atoms with Crippen molar-refractivity contribution in [2.24, 2.45) is 0 Å². The molecule has 1 rings (SSSR count). The highest BCUT2D eigenvalue weighted by Crippen LogP contribution is 2.05. The van der Waals surface area contributed by atoms with Gasteiger partial charge in [0.25, 0.3) is 5.56 Å². The monoisotopic (exact) mass is 286 g/mol. The first-order valence-corrected chi connectivity index (χ1v) is 7.49. The molecule has 0 aliphatic carbocycles. The van der Waals surface area contributed by atoms with Gasteiger partial charge in [-0.3, -0.25) is 13.9 Å².